The number of rotatable bonds is 6. The van der Waals surface area contributed by atoms with Gasteiger partial charge in [0.1, 0.15) is 11.5 Å². The molecule has 0 amide bonds. The topological polar surface area (TPSA) is 62.6 Å². The Hall–Kier alpha value is -2.93. The molecule has 1 heterocycles. The molecular formula is C24H28N2O4S. The van der Waals surface area contributed by atoms with Crippen LogP contribution in [0.2, 0.25) is 0 Å². The maximum absolute atomic E-state index is 13.1. The van der Waals surface area contributed by atoms with Crippen LogP contribution >= 0.6 is 11.8 Å². The summed E-state index contributed by atoms with van der Waals surface area (Å²) >= 11 is 1.53. The van der Waals surface area contributed by atoms with Crippen molar-refractivity contribution in [2.75, 3.05) is 14.2 Å². The zero-order valence-electron chi connectivity index (χ0n) is 19.0. The van der Waals surface area contributed by atoms with Gasteiger partial charge in [-0.15, -0.1) is 0 Å². The molecule has 0 radical (unpaired) electrons. The van der Waals surface area contributed by atoms with E-state index in [1.165, 1.54) is 31.5 Å². The van der Waals surface area contributed by atoms with Crippen molar-refractivity contribution in [2.24, 2.45) is 0 Å². The Labute approximate surface area is 187 Å². The first-order chi connectivity index (χ1) is 14.6. The van der Waals surface area contributed by atoms with Crippen molar-refractivity contribution in [1.29, 1.82) is 0 Å². The number of benzene rings is 2. The fraction of sp³-hybridized carbons (Fsp3) is 0.333. The van der Waals surface area contributed by atoms with Crippen molar-refractivity contribution >= 4 is 17.7 Å². The molecule has 31 heavy (non-hydrogen) atoms. The van der Waals surface area contributed by atoms with Crippen LogP contribution in [0.3, 0.4) is 0 Å². The normalized spacial score (nSPS) is 11.3. The van der Waals surface area contributed by atoms with Gasteiger partial charge in [0.25, 0.3) is 0 Å². The number of aryl methyl sites for hydroxylation is 2. The van der Waals surface area contributed by atoms with Crippen LogP contribution in [0.5, 0.6) is 17.4 Å². The van der Waals surface area contributed by atoms with E-state index in [1.54, 1.807) is 22.9 Å². The maximum Gasteiger partial charge on any atom is 0.345 e. The number of hydrogen-bond acceptors (Lipinski definition) is 6. The molecule has 0 fully saturated rings. The molecule has 0 aliphatic heterocycles. The lowest BCUT2D eigenvalue weighted by Crippen LogP contribution is -2.25. The van der Waals surface area contributed by atoms with E-state index in [4.69, 9.17) is 14.2 Å². The molecule has 164 valence electrons. The molecule has 0 spiro atoms. The highest BCUT2D eigenvalue weighted by Gasteiger charge is 2.28. The minimum absolute atomic E-state index is 0.335. The first-order valence-corrected chi connectivity index (χ1v) is 10.7. The van der Waals surface area contributed by atoms with E-state index in [-0.39, 0.29) is 5.54 Å². The highest BCUT2D eigenvalue weighted by atomic mass is 32.2. The molecule has 0 N–H and O–H groups in total. The molecule has 0 saturated carbocycles. The summed E-state index contributed by atoms with van der Waals surface area (Å²) in [5.41, 5.74) is 1.94. The molecule has 0 aliphatic carbocycles. The van der Waals surface area contributed by atoms with E-state index in [1.807, 2.05) is 46.8 Å². The second-order valence-electron chi connectivity index (χ2n) is 8.21. The largest absolute Gasteiger partial charge is 0.497 e. The van der Waals surface area contributed by atoms with Gasteiger partial charge in [0.05, 0.1) is 35.9 Å². The maximum atomic E-state index is 13.1. The lowest BCUT2D eigenvalue weighted by atomic mass is 10.1. The standard InChI is InChI=1S/C24H28N2O4S/c1-15-8-10-20(11-9-15)31-21-16(2)25-26(24(3,4)5)22(21)30-23(27)17-12-18(28-6)14-19(13-17)29-7/h8-14H,1-7H3. The molecule has 7 heteroatoms. The van der Waals surface area contributed by atoms with Crippen LogP contribution in [-0.4, -0.2) is 30.0 Å². The number of carbonyl (C=O) groups is 1. The second kappa shape index (κ2) is 9.06. The summed E-state index contributed by atoms with van der Waals surface area (Å²) in [4.78, 5) is 15.0. The Balaban J connectivity index is 2.02. The molecule has 2 aromatic carbocycles. The van der Waals surface area contributed by atoms with Gasteiger partial charge < -0.3 is 14.2 Å². The monoisotopic (exact) mass is 440 g/mol. The van der Waals surface area contributed by atoms with Gasteiger partial charge in [-0.3, -0.25) is 0 Å². The molecule has 3 rings (SSSR count). The van der Waals surface area contributed by atoms with Crippen LogP contribution in [0.15, 0.2) is 52.3 Å². The third kappa shape index (κ3) is 5.22. The average molecular weight is 441 g/mol. The predicted octanol–water partition coefficient (Wildman–Crippen LogP) is 5.64. The van der Waals surface area contributed by atoms with Gasteiger partial charge in [-0.05, 0) is 58.9 Å². The smallest absolute Gasteiger partial charge is 0.345 e. The molecule has 0 bridgehead atoms. The zero-order valence-corrected chi connectivity index (χ0v) is 19.8. The summed E-state index contributed by atoms with van der Waals surface area (Å²) in [5, 5.41) is 4.68. The van der Waals surface area contributed by atoms with Gasteiger partial charge in [-0.1, -0.05) is 29.5 Å². The van der Waals surface area contributed by atoms with Gasteiger partial charge in [0.2, 0.25) is 5.88 Å². The molecule has 6 nitrogen and oxygen atoms in total. The van der Waals surface area contributed by atoms with Crippen LogP contribution in [0.25, 0.3) is 0 Å². The van der Waals surface area contributed by atoms with E-state index in [9.17, 15) is 4.79 Å². The second-order valence-corrected chi connectivity index (χ2v) is 9.29. The van der Waals surface area contributed by atoms with E-state index in [0.717, 1.165) is 15.5 Å². The number of hydrogen-bond donors (Lipinski definition) is 0. The number of ether oxygens (including phenoxy) is 3. The lowest BCUT2D eigenvalue weighted by molar-refractivity contribution is 0.0703. The highest BCUT2D eigenvalue weighted by Crippen LogP contribution is 2.40. The summed E-state index contributed by atoms with van der Waals surface area (Å²) in [6.45, 7) is 10.0. The van der Waals surface area contributed by atoms with Crippen LogP contribution in [0, 0.1) is 13.8 Å². The number of esters is 1. The van der Waals surface area contributed by atoms with Gasteiger partial charge in [0, 0.05) is 11.0 Å². The van der Waals surface area contributed by atoms with Crippen molar-refractivity contribution in [1.82, 2.24) is 9.78 Å². The van der Waals surface area contributed by atoms with Crippen molar-refractivity contribution in [3.63, 3.8) is 0 Å². The lowest BCUT2D eigenvalue weighted by Gasteiger charge is -2.22. The Morgan fingerprint density at radius 2 is 1.55 bits per heavy atom. The van der Waals surface area contributed by atoms with Crippen LogP contribution in [-0.2, 0) is 5.54 Å². The van der Waals surface area contributed by atoms with Crippen LogP contribution in [0.4, 0.5) is 0 Å². The van der Waals surface area contributed by atoms with Gasteiger partial charge in [-0.2, -0.15) is 5.10 Å². The molecule has 0 aliphatic rings. The Morgan fingerprint density at radius 3 is 2.06 bits per heavy atom. The zero-order chi connectivity index (χ0) is 22.8. The fourth-order valence-electron chi connectivity index (χ4n) is 2.95. The summed E-state index contributed by atoms with van der Waals surface area (Å²) in [7, 11) is 3.08. The van der Waals surface area contributed by atoms with Gasteiger partial charge in [0.15, 0.2) is 0 Å². The van der Waals surface area contributed by atoms with Crippen molar-refractivity contribution in [3.8, 4) is 17.4 Å². The van der Waals surface area contributed by atoms with Gasteiger partial charge in [-0.25, -0.2) is 9.48 Å². The molecular weight excluding hydrogens is 412 g/mol. The summed E-state index contributed by atoms with van der Waals surface area (Å²) in [6, 6.07) is 13.2. The summed E-state index contributed by atoms with van der Waals surface area (Å²) in [6.07, 6.45) is 0. The first-order valence-electron chi connectivity index (χ1n) is 9.92. The van der Waals surface area contributed by atoms with E-state index < -0.39 is 5.97 Å². The Morgan fingerprint density at radius 1 is 0.968 bits per heavy atom. The van der Waals surface area contributed by atoms with Crippen molar-refractivity contribution in [2.45, 2.75) is 49.9 Å². The quantitative estimate of drug-likeness (QED) is 0.462. The number of methoxy groups -OCH3 is 2. The molecule has 0 saturated heterocycles. The molecule has 0 unspecified atom stereocenters. The minimum atomic E-state index is -0.506. The average Bonchev–Trinajstić information content (AvgIpc) is 3.04. The predicted molar refractivity (Wildman–Crippen MR) is 122 cm³/mol. The molecule has 0 atom stereocenters. The van der Waals surface area contributed by atoms with E-state index in [2.05, 4.69) is 17.2 Å². The summed E-state index contributed by atoms with van der Waals surface area (Å²) < 4.78 is 18.3. The van der Waals surface area contributed by atoms with Crippen LogP contribution in [0.1, 0.15) is 42.4 Å². The molecule has 3 aromatic rings. The fourth-order valence-corrected chi connectivity index (χ4v) is 3.86. The minimum Gasteiger partial charge on any atom is -0.497 e. The number of carbonyl (C=O) groups excluding carboxylic acids is 1. The van der Waals surface area contributed by atoms with Crippen LogP contribution < -0.4 is 14.2 Å². The Bertz CT molecular complexity index is 1060. The third-order valence-corrected chi connectivity index (χ3v) is 5.80. The third-order valence-electron chi connectivity index (χ3n) is 4.62. The summed E-state index contributed by atoms with van der Waals surface area (Å²) in [5.74, 6) is 0.942. The first kappa shape index (κ1) is 22.7. The molecule has 1 aromatic heterocycles. The van der Waals surface area contributed by atoms with E-state index >= 15 is 0 Å². The highest BCUT2D eigenvalue weighted by molar-refractivity contribution is 7.99. The number of aromatic nitrogens is 2. The van der Waals surface area contributed by atoms with Crippen molar-refractivity contribution < 1.29 is 19.0 Å². The van der Waals surface area contributed by atoms with Crippen molar-refractivity contribution in [3.05, 3.63) is 59.3 Å². The Kier molecular flexibility index (Phi) is 6.65. The van der Waals surface area contributed by atoms with Gasteiger partial charge >= 0.3 is 5.97 Å². The van der Waals surface area contributed by atoms with E-state index in [0.29, 0.717) is 22.9 Å². The number of nitrogens with zero attached hydrogens (tertiary/aromatic N) is 2. The SMILES string of the molecule is COc1cc(OC)cc(C(=O)Oc2c(Sc3ccc(C)cc3)c(C)nn2C(C)(C)C)c1.